The second-order valence-electron chi connectivity index (χ2n) is 6.39. The van der Waals surface area contributed by atoms with Gasteiger partial charge in [0.1, 0.15) is 0 Å². The second kappa shape index (κ2) is 10.3. The number of benzene rings is 1. The Kier molecular flexibility index (Phi) is 8.12. The molecular weight excluding hydrogens is 332 g/mol. The molecule has 2 unspecified atom stereocenters. The molecule has 1 amide bonds. The minimum Gasteiger partial charge on any atom is -0.356 e. The van der Waals surface area contributed by atoms with E-state index in [2.05, 4.69) is 33.3 Å². The molecule has 1 aromatic carbocycles. The molecule has 0 aromatic heterocycles. The molecule has 0 saturated heterocycles. The molecule has 138 valence electrons. The minimum absolute atomic E-state index is 0.0482. The van der Waals surface area contributed by atoms with Crippen LogP contribution in [0.4, 0.5) is 0 Å². The van der Waals surface area contributed by atoms with E-state index in [-0.39, 0.29) is 5.91 Å². The van der Waals surface area contributed by atoms with Crippen molar-refractivity contribution in [3.05, 3.63) is 35.4 Å². The highest BCUT2D eigenvalue weighted by Gasteiger charge is 2.21. The SMILES string of the molecule is CN=C(NCCc1cccc(C(=O)NC)c1)NC1CCCC(SC)C1. The van der Waals surface area contributed by atoms with Gasteiger partial charge in [0, 0.05) is 37.5 Å². The lowest BCUT2D eigenvalue weighted by molar-refractivity contribution is 0.0963. The van der Waals surface area contributed by atoms with Gasteiger partial charge in [-0.2, -0.15) is 11.8 Å². The van der Waals surface area contributed by atoms with Gasteiger partial charge in [-0.15, -0.1) is 0 Å². The Bertz CT molecular complexity index is 591. The van der Waals surface area contributed by atoms with Gasteiger partial charge < -0.3 is 16.0 Å². The van der Waals surface area contributed by atoms with Crippen LogP contribution in [0.15, 0.2) is 29.3 Å². The largest absolute Gasteiger partial charge is 0.356 e. The van der Waals surface area contributed by atoms with E-state index in [1.807, 2.05) is 37.0 Å². The van der Waals surface area contributed by atoms with E-state index in [9.17, 15) is 4.79 Å². The van der Waals surface area contributed by atoms with Crippen molar-refractivity contribution in [1.29, 1.82) is 0 Å². The number of hydrogen-bond donors (Lipinski definition) is 3. The van der Waals surface area contributed by atoms with Crippen molar-refractivity contribution in [3.63, 3.8) is 0 Å². The van der Waals surface area contributed by atoms with Crippen LogP contribution < -0.4 is 16.0 Å². The van der Waals surface area contributed by atoms with Gasteiger partial charge in [0.2, 0.25) is 0 Å². The highest BCUT2D eigenvalue weighted by Crippen LogP contribution is 2.26. The van der Waals surface area contributed by atoms with Crippen molar-refractivity contribution in [2.45, 2.75) is 43.4 Å². The Hall–Kier alpha value is -1.69. The average molecular weight is 363 g/mol. The highest BCUT2D eigenvalue weighted by atomic mass is 32.2. The average Bonchev–Trinajstić information content (AvgIpc) is 2.66. The Morgan fingerprint density at radius 1 is 1.36 bits per heavy atom. The van der Waals surface area contributed by atoms with E-state index in [1.54, 1.807) is 7.05 Å². The summed E-state index contributed by atoms with van der Waals surface area (Å²) in [6.07, 6.45) is 8.08. The maximum absolute atomic E-state index is 11.7. The predicted molar refractivity (Wildman–Crippen MR) is 108 cm³/mol. The minimum atomic E-state index is -0.0482. The summed E-state index contributed by atoms with van der Waals surface area (Å²) in [5.74, 6) is 0.821. The number of hydrogen-bond acceptors (Lipinski definition) is 3. The molecule has 1 aliphatic carbocycles. The van der Waals surface area contributed by atoms with Crippen molar-refractivity contribution < 1.29 is 4.79 Å². The van der Waals surface area contributed by atoms with Crippen molar-refractivity contribution in [2.24, 2.45) is 4.99 Å². The van der Waals surface area contributed by atoms with Crippen LogP contribution in [0.2, 0.25) is 0 Å². The zero-order chi connectivity index (χ0) is 18.1. The Labute approximate surface area is 155 Å². The lowest BCUT2D eigenvalue weighted by atomic mass is 9.95. The van der Waals surface area contributed by atoms with Gasteiger partial charge in [0.05, 0.1) is 0 Å². The van der Waals surface area contributed by atoms with Gasteiger partial charge in [0.25, 0.3) is 5.91 Å². The van der Waals surface area contributed by atoms with E-state index in [4.69, 9.17) is 0 Å². The zero-order valence-electron chi connectivity index (χ0n) is 15.5. The molecule has 1 aliphatic rings. The molecular formula is C19H30N4OS. The van der Waals surface area contributed by atoms with Crippen LogP contribution in [0.25, 0.3) is 0 Å². The lowest BCUT2D eigenvalue weighted by Gasteiger charge is -2.29. The quantitative estimate of drug-likeness (QED) is 0.537. The van der Waals surface area contributed by atoms with Gasteiger partial charge in [-0.1, -0.05) is 18.6 Å². The first-order valence-electron chi connectivity index (χ1n) is 8.97. The summed E-state index contributed by atoms with van der Waals surface area (Å²) < 4.78 is 0. The molecule has 2 atom stereocenters. The molecule has 2 rings (SSSR count). The number of carbonyl (C=O) groups is 1. The predicted octanol–water partition coefficient (Wildman–Crippen LogP) is 2.43. The van der Waals surface area contributed by atoms with E-state index in [1.165, 1.54) is 25.7 Å². The van der Waals surface area contributed by atoms with Crippen molar-refractivity contribution in [1.82, 2.24) is 16.0 Å². The first-order chi connectivity index (χ1) is 12.2. The van der Waals surface area contributed by atoms with Crippen LogP contribution in [0.1, 0.15) is 41.6 Å². The van der Waals surface area contributed by atoms with Crippen LogP contribution in [0.5, 0.6) is 0 Å². The topological polar surface area (TPSA) is 65.5 Å². The van der Waals surface area contributed by atoms with Crippen molar-refractivity contribution in [2.75, 3.05) is 26.9 Å². The highest BCUT2D eigenvalue weighted by molar-refractivity contribution is 7.99. The summed E-state index contributed by atoms with van der Waals surface area (Å²) in [6, 6.07) is 8.27. The second-order valence-corrected chi connectivity index (χ2v) is 7.53. The summed E-state index contributed by atoms with van der Waals surface area (Å²) in [6.45, 7) is 0.787. The number of nitrogens with one attached hydrogen (secondary N) is 3. The molecule has 1 fully saturated rings. The molecule has 0 aliphatic heterocycles. The van der Waals surface area contributed by atoms with E-state index >= 15 is 0 Å². The fourth-order valence-electron chi connectivity index (χ4n) is 3.22. The van der Waals surface area contributed by atoms with Crippen LogP contribution >= 0.6 is 11.8 Å². The Balaban J connectivity index is 1.80. The maximum atomic E-state index is 11.7. The smallest absolute Gasteiger partial charge is 0.251 e. The molecule has 3 N–H and O–H groups in total. The summed E-state index contributed by atoms with van der Waals surface area (Å²) >= 11 is 1.97. The fourth-order valence-corrected chi connectivity index (χ4v) is 4.04. The van der Waals surface area contributed by atoms with Crippen LogP contribution in [0.3, 0.4) is 0 Å². The number of thioether (sulfide) groups is 1. The van der Waals surface area contributed by atoms with E-state index < -0.39 is 0 Å². The molecule has 0 radical (unpaired) electrons. The molecule has 6 heteroatoms. The fraction of sp³-hybridized carbons (Fsp3) is 0.579. The summed E-state index contributed by atoms with van der Waals surface area (Å²) in [5, 5.41) is 10.4. The molecule has 0 spiro atoms. The summed E-state index contributed by atoms with van der Waals surface area (Å²) in [7, 11) is 3.47. The third-order valence-electron chi connectivity index (χ3n) is 4.65. The number of carbonyl (C=O) groups excluding carboxylic acids is 1. The van der Waals surface area contributed by atoms with Crippen LogP contribution in [0, 0.1) is 0 Å². The standard InChI is InChI=1S/C19H30N4OS/c1-20-18(24)15-7-4-6-14(12-15)10-11-22-19(21-2)23-16-8-5-9-17(13-16)25-3/h4,6-7,12,16-17H,5,8-11,13H2,1-3H3,(H,20,24)(H2,21,22,23). The lowest BCUT2D eigenvalue weighted by Crippen LogP contribution is -2.46. The molecule has 1 aromatic rings. The number of aliphatic imine (C=N–C) groups is 1. The van der Waals surface area contributed by atoms with Gasteiger partial charge >= 0.3 is 0 Å². The van der Waals surface area contributed by atoms with Gasteiger partial charge in [-0.05, 0) is 49.6 Å². The monoisotopic (exact) mass is 362 g/mol. The summed E-state index contributed by atoms with van der Waals surface area (Å²) in [4.78, 5) is 16.1. The molecule has 1 saturated carbocycles. The number of guanidine groups is 1. The van der Waals surface area contributed by atoms with Crippen molar-refractivity contribution >= 4 is 23.6 Å². The Morgan fingerprint density at radius 3 is 2.92 bits per heavy atom. The third kappa shape index (κ3) is 6.27. The molecule has 0 heterocycles. The van der Waals surface area contributed by atoms with Crippen molar-refractivity contribution in [3.8, 4) is 0 Å². The van der Waals surface area contributed by atoms with E-state index in [0.29, 0.717) is 11.6 Å². The first-order valence-corrected chi connectivity index (χ1v) is 10.3. The molecule has 0 bridgehead atoms. The molecule has 5 nitrogen and oxygen atoms in total. The maximum Gasteiger partial charge on any atom is 0.251 e. The number of nitrogens with zero attached hydrogens (tertiary/aromatic N) is 1. The zero-order valence-corrected chi connectivity index (χ0v) is 16.3. The number of amides is 1. The van der Waals surface area contributed by atoms with E-state index in [0.717, 1.165) is 29.7 Å². The Morgan fingerprint density at radius 2 is 2.20 bits per heavy atom. The third-order valence-corrected chi connectivity index (χ3v) is 5.74. The normalized spacial score (nSPS) is 20.8. The number of rotatable bonds is 6. The van der Waals surface area contributed by atoms with Gasteiger partial charge in [-0.3, -0.25) is 9.79 Å². The molecule has 25 heavy (non-hydrogen) atoms. The van der Waals surface area contributed by atoms with Gasteiger partial charge in [0.15, 0.2) is 5.96 Å². The van der Waals surface area contributed by atoms with Crippen LogP contribution in [-0.2, 0) is 6.42 Å². The van der Waals surface area contributed by atoms with Crippen LogP contribution in [-0.4, -0.2) is 50.1 Å². The first kappa shape index (κ1) is 19.6. The van der Waals surface area contributed by atoms with Gasteiger partial charge in [-0.25, -0.2) is 0 Å². The summed E-state index contributed by atoms with van der Waals surface area (Å²) in [5.41, 5.74) is 1.84.